The van der Waals surface area contributed by atoms with Gasteiger partial charge in [0.2, 0.25) is 5.89 Å². The van der Waals surface area contributed by atoms with Crippen LogP contribution in [0.4, 0.5) is 5.82 Å². The molecule has 21 heavy (non-hydrogen) atoms. The molecule has 112 valence electrons. The minimum Gasteiger partial charge on any atom is -0.444 e. The molecule has 0 aromatic carbocycles. The number of aryl methyl sites for hydroxylation is 2. The van der Waals surface area contributed by atoms with E-state index in [1.165, 1.54) is 0 Å². The number of carbonyl (C=O) groups is 1. The highest BCUT2D eigenvalue weighted by Crippen LogP contribution is 2.12. The van der Waals surface area contributed by atoms with E-state index in [-0.39, 0.29) is 12.5 Å². The molecule has 0 fully saturated rings. The quantitative estimate of drug-likeness (QED) is 0.853. The van der Waals surface area contributed by atoms with Crippen LogP contribution < -0.4 is 10.6 Å². The molecule has 0 aliphatic carbocycles. The van der Waals surface area contributed by atoms with Crippen molar-refractivity contribution in [1.82, 2.24) is 15.3 Å². The Morgan fingerprint density at radius 2 is 2.19 bits per heavy atom. The third-order valence-electron chi connectivity index (χ3n) is 3.07. The third-order valence-corrected chi connectivity index (χ3v) is 3.07. The Labute approximate surface area is 124 Å². The van der Waals surface area contributed by atoms with Gasteiger partial charge in [-0.15, -0.1) is 0 Å². The minimum absolute atomic E-state index is 0.199. The summed E-state index contributed by atoms with van der Waals surface area (Å²) in [5.74, 6) is 1.67. The van der Waals surface area contributed by atoms with Crippen LogP contribution in [0, 0.1) is 13.8 Å². The van der Waals surface area contributed by atoms with Crippen molar-refractivity contribution >= 4 is 11.7 Å². The van der Waals surface area contributed by atoms with Gasteiger partial charge in [-0.3, -0.25) is 4.79 Å². The number of hydrogen-bond donors (Lipinski definition) is 2. The van der Waals surface area contributed by atoms with Gasteiger partial charge in [-0.1, -0.05) is 6.92 Å². The Hall–Kier alpha value is -2.37. The largest absolute Gasteiger partial charge is 0.444 e. The summed E-state index contributed by atoms with van der Waals surface area (Å²) >= 11 is 0. The Kier molecular flexibility index (Phi) is 4.92. The molecule has 2 aromatic heterocycles. The second kappa shape index (κ2) is 6.88. The highest BCUT2D eigenvalue weighted by molar-refractivity contribution is 5.98. The molecule has 0 unspecified atom stereocenters. The lowest BCUT2D eigenvalue weighted by Crippen LogP contribution is -2.24. The van der Waals surface area contributed by atoms with E-state index < -0.39 is 0 Å². The maximum Gasteiger partial charge on any atom is 0.255 e. The molecule has 2 heterocycles. The monoisotopic (exact) mass is 288 g/mol. The van der Waals surface area contributed by atoms with E-state index in [2.05, 4.69) is 27.5 Å². The van der Waals surface area contributed by atoms with Crippen molar-refractivity contribution in [3.63, 3.8) is 0 Å². The molecule has 6 heteroatoms. The zero-order valence-electron chi connectivity index (χ0n) is 12.6. The van der Waals surface area contributed by atoms with Gasteiger partial charge in [0.05, 0.1) is 17.8 Å². The normalized spacial score (nSPS) is 10.4. The maximum atomic E-state index is 12.2. The summed E-state index contributed by atoms with van der Waals surface area (Å²) in [6, 6.07) is 3.48. The van der Waals surface area contributed by atoms with Gasteiger partial charge in [-0.25, -0.2) is 9.97 Å². The van der Waals surface area contributed by atoms with Crippen LogP contribution in [0.15, 0.2) is 22.7 Å². The number of pyridine rings is 1. The van der Waals surface area contributed by atoms with Crippen molar-refractivity contribution < 1.29 is 9.21 Å². The van der Waals surface area contributed by atoms with E-state index in [0.29, 0.717) is 17.3 Å². The van der Waals surface area contributed by atoms with Crippen molar-refractivity contribution in [2.24, 2.45) is 0 Å². The molecule has 2 aromatic rings. The van der Waals surface area contributed by atoms with Gasteiger partial charge in [0, 0.05) is 12.7 Å². The summed E-state index contributed by atoms with van der Waals surface area (Å²) in [7, 11) is 0. The number of rotatable bonds is 6. The number of nitrogens with one attached hydrogen (secondary N) is 2. The van der Waals surface area contributed by atoms with Crippen LogP contribution in [-0.2, 0) is 6.54 Å². The van der Waals surface area contributed by atoms with Crippen molar-refractivity contribution in [3.8, 4) is 0 Å². The molecule has 0 saturated carbocycles. The van der Waals surface area contributed by atoms with Crippen molar-refractivity contribution in [2.75, 3.05) is 11.9 Å². The average molecular weight is 288 g/mol. The van der Waals surface area contributed by atoms with E-state index in [0.717, 1.165) is 24.4 Å². The Morgan fingerprint density at radius 1 is 1.38 bits per heavy atom. The van der Waals surface area contributed by atoms with Gasteiger partial charge in [0.25, 0.3) is 5.91 Å². The van der Waals surface area contributed by atoms with Crippen LogP contribution in [0.3, 0.4) is 0 Å². The van der Waals surface area contributed by atoms with E-state index in [4.69, 9.17) is 4.42 Å². The van der Waals surface area contributed by atoms with Gasteiger partial charge in [0.1, 0.15) is 11.6 Å². The molecule has 0 spiro atoms. The lowest BCUT2D eigenvalue weighted by atomic mass is 10.2. The van der Waals surface area contributed by atoms with Gasteiger partial charge in [-0.2, -0.15) is 0 Å². The number of amides is 1. The highest BCUT2D eigenvalue weighted by atomic mass is 16.4. The molecule has 2 rings (SSSR count). The molecule has 0 atom stereocenters. The number of aromatic nitrogens is 2. The molecule has 6 nitrogen and oxygen atoms in total. The van der Waals surface area contributed by atoms with Crippen molar-refractivity contribution in [2.45, 2.75) is 33.7 Å². The van der Waals surface area contributed by atoms with Crippen LogP contribution in [0.5, 0.6) is 0 Å². The summed E-state index contributed by atoms with van der Waals surface area (Å²) in [6.07, 6.45) is 2.63. The molecular formula is C15H20N4O2. The van der Waals surface area contributed by atoms with E-state index in [9.17, 15) is 4.79 Å². The van der Waals surface area contributed by atoms with E-state index in [1.54, 1.807) is 18.3 Å². The number of oxazole rings is 1. The average Bonchev–Trinajstić information content (AvgIpc) is 2.81. The Bertz CT molecular complexity index is 602. The Balaban J connectivity index is 2.03. The van der Waals surface area contributed by atoms with Crippen molar-refractivity contribution in [1.29, 1.82) is 0 Å². The lowest BCUT2D eigenvalue weighted by Gasteiger charge is -2.09. The zero-order valence-corrected chi connectivity index (χ0v) is 12.6. The van der Waals surface area contributed by atoms with Gasteiger partial charge < -0.3 is 15.1 Å². The first-order valence-corrected chi connectivity index (χ1v) is 7.01. The molecule has 0 saturated heterocycles. The predicted molar refractivity (Wildman–Crippen MR) is 80.2 cm³/mol. The topological polar surface area (TPSA) is 80.0 Å². The summed E-state index contributed by atoms with van der Waals surface area (Å²) in [5, 5.41) is 5.94. The van der Waals surface area contributed by atoms with Crippen LogP contribution >= 0.6 is 0 Å². The Morgan fingerprint density at radius 3 is 2.86 bits per heavy atom. The smallest absolute Gasteiger partial charge is 0.255 e. The molecule has 0 bridgehead atoms. The number of hydrogen-bond acceptors (Lipinski definition) is 5. The summed E-state index contributed by atoms with van der Waals surface area (Å²) in [6.45, 7) is 6.81. The fraction of sp³-hybridized carbons (Fsp3) is 0.400. The third kappa shape index (κ3) is 3.81. The molecule has 1 amide bonds. The first-order valence-electron chi connectivity index (χ1n) is 7.01. The first kappa shape index (κ1) is 15.0. The van der Waals surface area contributed by atoms with Crippen LogP contribution in [0.2, 0.25) is 0 Å². The van der Waals surface area contributed by atoms with Crippen molar-refractivity contribution in [3.05, 3.63) is 41.2 Å². The predicted octanol–water partition coefficient (Wildman–Crippen LogP) is 2.44. The van der Waals surface area contributed by atoms with Crippen LogP contribution in [0.1, 0.15) is 41.0 Å². The highest BCUT2D eigenvalue weighted by Gasteiger charge is 2.13. The zero-order chi connectivity index (χ0) is 15.2. The lowest BCUT2D eigenvalue weighted by molar-refractivity contribution is 0.0947. The fourth-order valence-electron chi connectivity index (χ4n) is 1.84. The van der Waals surface area contributed by atoms with E-state index in [1.807, 2.05) is 13.8 Å². The van der Waals surface area contributed by atoms with Gasteiger partial charge >= 0.3 is 0 Å². The van der Waals surface area contributed by atoms with Crippen LogP contribution in [-0.4, -0.2) is 22.4 Å². The van der Waals surface area contributed by atoms with Gasteiger partial charge in [0.15, 0.2) is 0 Å². The summed E-state index contributed by atoms with van der Waals surface area (Å²) < 4.78 is 5.44. The molecular weight excluding hydrogens is 268 g/mol. The fourth-order valence-corrected chi connectivity index (χ4v) is 1.84. The number of anilines is 1. The number of carbonyl (C=O) groups excluding carboxylic acids is 1. The molecule has 2 N–H and O–H groups in total. The molecule has 0 radical (unpaired) electrons. The first-order chi connectivity index (χ1) is 10.1. The maximum absolute atomic E-state index is 12.2. The second-order valence-electron chi connectivity index (χ2n) is 4.76. The standard InChI is InChI=1S/C15H20N4O2/c1-4-7-16-14-12(6-5-8-17-14)15(20)18-9-13-19-10(2)11(3)21-13/h5-6,8H,4,7,9H2,1-3H3,(H,16,17)(H,18,20). The van der Waals surface area contributed by atoms with E-state index >= 15 is 0 Å². The van der Waals surface area contributed by atoms with Crippen LogP contribution in [0.25, 0.3) is 0 Å². The summed E-state index contributed by atoms with van der Waals surface area (Å²) in [5.41, 5.74) is 1.36. The minimum atomic E-state index is -0.199. The van der Waals surface area contributed by atoms with Gasteiger partial charge in [-0.05, 0) is 32.4 Å². The second-order valence-corrected chi connectivity index (χ2v) is 4.76. The summed E-state index contributed by atoms with van der Waals surface area (Å²) in [4.78, 5) is 20.7. The molecule has 0 aliphatic heterocycles. The SMILES string of the molecule is CCCNc1ncccc1C(=O)NCc1nc(C)c(C)o1. The molecule has 0 aliphatic rings. The number of nitrogens with zero attached hydrogens (tertiary/aromatic N) is 2.